The van der Waals surface area contributed by atoms with Gasteiger partial charge in [0.2, 0.25) is 5.95 Å². The number of para-hydroxylation sites is 3. The van der Waals surface area contributed by atoms with Crippen LogP contribution in [-0.4, -0.2) is 14.5 Å². The van der Waals surface area contributed by atoms with Gasteiger partial charge < -0.3 is 4.42 Å². The first-order valence-corrected chi connectivity index (χ1v) is 15.2. The van der Waals surface area contributed by atoms with Gasteiger partial charge in [-0.15, -0.1) is 11.3 Å². The molecule has 0 fully saturated rings. The highest BCUT2D eigenvalue weighted by Crippen LogP contribution is 2.50. The van der Waals surface area contributed by atoms with Crippen molar-refractivity contribution in [1.82, 2.24) is 14.5 Å². The Morgan fingerprint density at radius 1 is 0.558 bits per heavy atom. The van der Waals surface area contributed by atoms with E-state index in [0.29, 0.717) is 5.95 Å². The van der Waals surface area contributed by atoms with Crippen LogP contribution < -0.4 is 0 Å². The second kappa shape index (κ2) is 8.51. The van der Waals surface area contributed by atoms with Gasteiger partial charge in [0, 0.05) is 47.3 Å². The van der Waals surface area contributed by atoms with Crippen LogP contribution in [0.2, 0.25) is 0 Å². The highest BCUT2D eigenvalue weighted by atomic mass is 32.1. The van der Waals surface area contributed by atoms with Crippen molar-refractivity contribution >= 4 is 86.2 Å². The van der Waals surface area contributed by atoms with E-state index in [2.05, 4.69) is 114 Å². The Morgan fingerprint density at radius 2 is 1.26 bits per heavy atom. The van der Waals surface area contributed by atoms with E-state index in [4.69, 9.17) is 14.4 Å². The van der Waals surface area contributed by atoms with E-state index in [-0.39, 0.29) is 0 Å². The van der Waals surface area contributed by atoms with Crippen molar-refractivity contribution in [3.63, 3.8) is 0 Å². The summed E-state index contributed by atoms with van der Waals surface area (Å²) in [4.78, 5) is 10.6. The van der Waals surface area contributed by atoms with Crippen LogP contribution >= 0.6 is 11.3 Å². The first-order chi connectivity index (χ1) is 21.3. The lowest BCUT2D eigenvalue weighted by atomic mass is 10.0. The smallest absolute Gasteiger partial charge is 0.235 e. The summed E-state index contributed by atoms with van der Waals surface area (Å²) in [7, 11) is 0. The number of aromatic nitrogens is 3. The van der Waals surface area contributed by atoms with Crippen molar-refractivity contribution in [2.75, 3.05) is 0 Å². The SMILES string of the molecule is c1ccc(-c2nc(-n3c4ccccc4c4c5sc6ccccc6c5c5oc6ccccc6c5c43)nc3ccccc23)cc1. The van der Waals surface area contributed by atoms with Crippen molar-refractivity contribution in [2.24, 2.45) is 0 Å². The number of fused-ring (bicyclic) bond motifs is 13. The lowest BCUT2D eigenvalue weighted by molar-refractivity contribution is 0.673. The van der Waals surface area contributed by atoms with Gasteiger partial charge >= 0.3 is 0 Å². The fourth-order valence-corrected chi connectivity index (χ4v) is 8.06. The second-order valence-corrected chi connectivity index (χ2v) is 12.0. The van der Waals surface area contributed by atoms with Crippen molar-refractivity contribution < 1.29 is 4.42 Å². The minimum absolute atomic E-state index is 0.649. The lowest BCUT2D eigenvalue weighted by Gasteiger charge is -2.12. The van der Waals surface area contributed by atoms with E-state index in [1.54, 1.807) is 0 Å². The quantitative estimate of drug-likeness (QED) is 0.209. The van der Waals surface area contributed by atoms with E-state index < -0.39 is 0 Å². The molecule has 43 heavy (non-hydrogen) atoms. The average molecular weight is 568 g/mol. The molecule has 0 aliphatic rings. The maximum Gasteiger partial charge on any atom is 0.235 e. The highest BCUT2D eigenvalue weighted by molar-refractivity contribution is 7.27. The molecule has 0 atom stereocenters. The van der Waals surface area contributed by atoms with Gasteiger partial charge in [0.25, 0.3) is 0 Å². The predicted octanol–water partition coefficient (Wildman–Crippen LogP) is 10.7. The Bertz CT molecular complexity index is 2700. The summed E-state index contributed by atoms with van der Waals surface area (Å²) in [6.07, 6.45) is 0. The minimum atomic E-state index is 0.649. The molecule has 0 unspecified atom stereocenters. The summed E-state index contributed by atoms with van der Waals surface area (Å²) in [6.45, 7) is 0. The molecule has 0 radical (unpaired) electrons. The molecule has 4 aromatic heterocycles. The third-order valence-electron chi connectivity index (χ3n) is 8.60. The van der Waals surface area contributed by atoms with Gasteiger partial charge in [-0.2, -0.15) is 0 Å². The van der Waals surface area contributed by atoms with Crippen LogP contribution in [0.25, 0.3) is 92.0 Å². The van der Waals surface area contributed by atoms with E-state index in [1.807, 2.05) is 29.5 Å². The van der Waals surface area contributed by atoms with E-state index >= 15 is 0 Å². The Morgan fingerprint density at radius 3 is 2.14 bits per heavy atom. The van der Waals surface area contributed by atoms with Crippen LogP contribution in [-0.2, 0) is 0 Å². The number of nitrogens with zero attached hydrogens (tertiary/aromatic N) is 3. The Kier molecular flexibility index (Phi) is 4.57. The van der Waals surface area contributed by atoms with Crippen LogP contribution in [0, 0.1) is 0 Å². The van der Waals surface area contributed by atoms with Crippen LogP contribution in [0.3, 0.4) is 0 Å². The molecule has 0 bridgehead atoms. The summed E-state index contributed by atoms with van der Waals surface area (Å²) in [5, 5.41) is 8.00. The molecule has 0 amide bonds. The Labute approximate surface area is 249 Å². The van der Waals surface area contributed by atoms with Crippen LogP contribution in [0.1, 0.15) is 0 Å². The monoisotopic (exact) mass is 567 g/mol. The molecule has 4 nitrogen and oxygen atoms in total. The second-order valence-electron chi connectivity index (χ2n) is 10.9. The Hall–Kier alpha value is -5.52. The molecule has 0 aliphatic heterocycles. The summed E-state index contributed by atoms with van der Waals surface area (Å²) >= 11 is 1.83. The molecule has 0 spiro atoms. The van der Waals surface area contributed by atoms with Crippen molar-refractivity contribution in [3.8, 4) is 17.2 Å². The number of benzene rings is 6. The van der Waals surface area contributed by atoms with Gasteiger partial charge in [-0.25, -0.2) is 9.97 Å². The van der Waals surface area contributed by atoms with Crippen LogP contribution in [0.5, 0.6) is 0 Å². The van der Waals surface area contributed by atoms with E-state index in [1.165, 1.54) is 30.9 Å². The number of rotatable bonds is 2. The number of thiophene rings is 1. The van der Waals surface area contributed by atoms with Crippen LogP contribution in [0.15, 0.2) is 132 Å². The fraction of sp³-hybridized carbons (Fsp3) is 0. The first-order valence-electron chi connectivity index (χ1n) is 14.4. The van der Waals surface area contributed by atoms with Crippen molar-refractivity contribution in [1.29, 1.82) is 0 Å². The first kappa shape index (κ1) is 23.1. The molecule has 10 rings (SSSR count). The Balaban J connectivity index is 1.49. The molecule has 0 aliphatic carbocycles. The molecule has 5 heteroatoms. The van der Waals surface area contributed by atoms with Crippen LogP contribution in [0.4, 0.5) is 0 Å². The summed E-state index contributed by atoms with van der Waals surface area (Å²) in [5.74, 6) is 0.649. The maximum atomic E-state index is 6.74. The van der Waals surface area contributed by atoms with Gasteiger partial charge in [-0.1, -0.05) is 103 Å². The standard InChI is InChI=1S/C38H21N3OS/c1-2-12-22(13-3-1)34-23-14-4-8-18-27(23)39-38(40-34)41-28-19-9-5-15-24(28)32-35(41)31-25-16-6-10-20-29(25)42-36(31)33-26-17-7-11-21-30(26)43-37(32)33/h1-21H. The molecule has 6 aromatic carbocycles. The van der Waals surface area contributed by atoms with E-state index in [0.717, 1.165) is 55.1 Å². The third kappa shape index (κ3) is 3.09. The number of hydrogen-bond donors (Lipinski definition) is 0. The third-order valence-corrected chi connectivity index (χ3v) is 9.78. The van der Waals surface area contributed by atoms with Gasteiger partial charge in [0.05, 0.1) is 27.6 Å². The minimum Gasteiger partial charge on any atom is -0.455 e. The molecule has 4 heterocycles. The predicted molar refractivity (Wildman–Crippen MR) is 179 cm³/mol. The zero-order chi connectivity index (χ0) is 28.1. The van der Waals surface area contributed by atoms with Gasteiger partial charge in [0.1, 0.15) is 11.2 Å². The van der Waals surface area contributed by atoms with Crippen molar-refractivity contribution in [3.05, 3.63) is 127 Å². The van der Waals surface area contributed by atoms with Crippen molar-refractivity contribution in [2.45, 2.75) is 0 Å². The maximum absolute atomic E-state index is 6.74. The summed E-state index contributed by atoms with van der Waals surface area (Å²) in [6, 6.07) is 44.3. The topological polar surface area (TPSA) is 43.9 Å². The summed E-state index contributed by atoms with van der Waals surface area (Å²) < 4.78 is 11.5. The normalized spacial score (nSPS) is 12.2. The van der Waals surface area contributed by atoms with Gasteiger partial charge in [-0.3, -0.25) is 4.57 Å². The molecule has 0 N–H and O–H groups in total. The molecule has 10 aromatic rings. The zero-order valence-corrected chi connectivity index (χ0v) is 23.6. The highest BCUT2D eigenvalue weighted by Gasteiger charge is 2.26. The lowest BCUT2D eigenvalue weighted by Crippen LogP contribution is -2.03. The summed E-state index contributed by atoms with van der Waals surface area (Å²) in [5.41, 5.74) is 6.83. The number of hydrogen-bond acceptors (Lipinski definition) is 4. The zero-order valence-electron chi connectivity index (χ0n) is 22.8. The van der Waals surface area contributed by atoms with E-state index in [9.17, 15) is 0 Å². The molecule has 0 saturated carbocycles. The molecular weight excluding hydrogens is 547 g/mol. The van der Waals surface area contributed by atoms with Gasteiger partial charge in [0.15, 0.2) is 0 Å². The largest absolute Gasteiger partial charge is 0.455 e. The fourth-order valence-electron chi connectivity index (χ4n) is 6.80. The molecule has 200 valence electrons. The molecular formula is C38H21N3OS. The molecule has 0 saturated heterocycles. The average Bonchev–Trinajstić information content (AvgIpc) is 3.74. The number of furan rings is 1. The van der Waals surface area contributed by atoms with Gasteiger partial charge in [-0.05, 0) is 24.3 Å².